The number of fused-ring (bicyclic) bond motifs is 1. The highest BCUT2D eigenvalue weighted by Gasteiger charge is 2.13. The van der Waals surface area contributed by atoms with E-state index in [-0.39, 0.29) is 0 Å². The van der Waals surface area contributed by atoms with Gasteiger partial charge in [0.2, 0.25) is 0 Å². The fraction of sp³-hybridized carbons (Fsp3) is 0.368. The minimum Gasteiger partial charge on any atom is -0.385 e. The zero-order valence-corrected chi connectivity index (χ0v) is 13.2. The van der Waals surface area contributed by atoms with Gasteiger partial charge in [0.05, 0.1) is 0 Å². The molecule has 0 radical (unpaired) electrons. The van der Waals surface area contributed by atoms with Crippen molar-refractivity contribution in [3.8, 4) is 0 Å². The average Bonchev–Trinajstić information content (AvgIpc) is 2.46. The quantitative estimate of drug-likeness (QED) is 0.902. The predicted octanol–water partition coefficient (Wildman–Crippen LogP) is 4.30. The van der Waals surface area contributed by atoms with Gasteiger partial charge in [-0.25, -0.2) is 0 Å². The summed E-state index contributed by atoms with van der Waals surface area (Å²) >= 11 is 0. The Bertz CT molecular complexity index is 626. The molecule has 0 amide bonds. The summed E-state index contributed by atoms with van der Waals surface area (Å²) in [7, 11) is 2.18. The van der Waals surface area contributed by atoms with E-state index >= 15 is 0 Å². The molecule has 2 nitrogen and oxygen atoms in total. The summed E-state index contributed by atoms with van der Waals surface area (Å²) in [4.78, 5) is 2.35. The van der Waals surface area contributed by atoms with Crippen molar-refractivity contribution in [3.05, 3.63) is 58.7 Å². The number of nitrogens with one attached hydrogen (secondary N) is 1. The van der Waals surface area contributed by atoms with E-state index < -0.39 is 0 Å². The molecular weight excluding hydrogens is 256 g/mol. The first kappa shape index (κ1) is 14.0. The molecule has 1 heterocycles. The monoisotopic (exact) mass is 280 g/mol. The van der Waals surface area contributed by atoms with Gasteiger partial charge in [0, 0.05) is 31.5 Å². The van der Waals surface area contributed by atoms with Gasteiger partial charge in [-0.05, 0) is 67.1 Å². The molecule has 2 aromatic rings. The molecule has 0 bridgehead atoms. The Morgan fingerprint density at radius 3 is 2.62 bits per heavy atom. The fourth-order valence-electron chi connectivity index (χ4n) is 3.25. The Morgan fingerprint density at radius 1 is 1.10 bits per heavy atom. The molecule has 1 aliphatic rings. The number of nitrogens with zero attached hydrogens (tertiary/aromatic N) is 1. The molecule has 2 heteroatoms. The summed E-state index contributed by atoms with van der Waals surface area (Å²) in [6.45, 7) is 6.40. The van der Waals surface area contributed by atoms with E-state index in [2.05, 4.69) is 67.5 Å². The second kappa shape index (κ2) is 5.80. The Balaban J connectivity index is 1.86. The van der Waals surface area contributed by atoms with E-state index in [1.807, 2.05) is 0 Å². The molecule has 0 saturated carbocycles. The first-order valence-electron chi connectivity index (χ1n) is 7.77. The minimum atomic E-state index is 0.966. The van der Waals surface area contributed by atoms with Gasteiger partial charge in [-0.1, -0.05) is 18.2 Å². The smallest absolute Gasteiger partial charge is 0.0429 e. The molecule has 0 spiro atoms. The Kier molecular flexibility index (Phi) is 3.87. The van der Waals surface area contributed by atoms with Crippen molar-refractivity contribution in [3.63, 3.8) is 0 Å². The van der Waals surface area contributed by atoms with E-state index in [0.717, 1.165) is 13.1 Å². The zero-order valence-electron chi connectivity index (χ0n) is 13.2. The van der Waals surface area contributed by atoms with Gasteiger partial charge in [-0.2, -0.15) is 0 Å². The van der Waals surface area contributed by atoms with Gasteiger partial charge in [0.15, 0.2) is 0 Å². The van der Waals surface area contributed by atoms with E-state index in [1.54, 1.807) is 0 Å². The normalized spacial score (nSPS) is 13.5. The fourth-order valence-corrected chi connectivity index (χ4v) is 3.25. The third-order valence-corrected chi connectivity index (χ3v) is 4.25. The Labute approximate surface area is 127 Å². The van der Waals surface area contributed by atoms with E-state index in [1.165, 1.54) is 46.5 Å². The van der Waals surface area contributed by atoms with Crippen molar-refractivity contribution in [2.24, 2.45) is 0 Å². The molecule has 0 unspecified atom stereocenters. The van der Waals surface area contributed by atoms with Crippen LogP contribution < -0.4 is 10.2 Å². The molecular formula is C19H24N2. The topological polar surface area (TPSA) is 15.3 Å². The van der Waals surface area contributed by atoms with E-state index in [9.17, 15) is 0 Å². The Morgan fingerprint density at radius 2 is 1.86 bits per heavy atom. The van der Waals surface area contributed by atoms with Crippen molar-refractivity contribution < 1.29 is 0 Å². The van der Waals surface area contributed by atoms with Gasteiger partial charge >= 0.3 is 0 Å². The highest BCUT2D eigenvalue weighted by atomic mass is 15.1. The van der Waals surface area contributed by atoms with Gasteiger partial charge in [0.1, 0.15) is 0 Å². The number of anilines is 2. The molecule has 110 valence electrons. The van der Waals surface area contributed by atoms with Gasteiger partial charge in [-0.15, -0.1) is 0 Å². The summed E-state index contributed by atoms with van der Waals surface area (Å²) < 4.78 is 0. The molecule has 21 heavy (non-hydrogen) atoms. The van der Waals surface area contributed by atoms with Crippen LogP contribution >= 0.6 is 0 Å². The predicted molar refractivity (Wildman–Crippen MR) is 91.3 cm³/mol. The van der Waals surface area contributed by atoms with Crippen LogP contribution in [0.3, 0.4) is 0 Å². The lowest BCUT2D eigenvalue weighted by atomic mass is 9.97. The SMILES string of the molecule is Cc1cc(C)cc(N(C)Cc2cccc3c2CCCN3)c1. The van der Waals surface area contributed by atoms with Crippen molar-refractivity contribution in [2.45, 2.75) is 33.2 Å². The van der Waals surface area contributed by atoms with Crippen LogP contribution in [-0.2, 0) is 13.0 Å². The second-order valence-corrected chi connectivity index (χ2v) is 6.18. The molecule has 0 aromatic heterocycles. The van der Waals surface area contributed by atoms with Crippen LogP contribution in [-0.4, -0.2) is 13.6 Å². The Hall–Kier alpha value is -1.96. The summed E-state index contributed by atoms with van der Waals surface area (Å²) in [6, 6.07) is 13.4. The maximum absolute atomic E-state index is 3.52. The van der Waals surface area contributed by atoms with Gasteiger partial charge in [-0.3, -0.25) is 0 Å². The average molecular weight is 280 g/mol. The number of hydrogen-bond acceptors (Lipinski definition) is 2. The highest BCUT2D eigenvalue weighted by molar-refractivity contribution is 5.58. The highest BCUT2D eigenvalue weighted by Crippen LogP contribution is 2.27. The molecule has 1 aliphatic heterocycles. The maximum Gasteiger partial charge on any atom is 0.0429 e. The number of benzene rings is 2. The number of rotatable bonds is 3. The minimum absolute atomic E-state index is 0.966. The van der Waals surface area contributed by atoms with Crippen molar-refractivity contribution in [2.75, 3.05) is 23.8 Å². The number of hydrogen-bond donors (Lipinski definition) is 1. The van der Waals surface area contributed by atoms with Crippen molar-refractivity contribution in [1.82, 2.24) is 0 Å². The van der Waals surface area contributed by atoms with Crippen LogP contribution in [0.4, 0.5) is 11.4 Å². The van der Waals surface area contributed by atoms with Crippen molar-refractivity contribution in [1.29, 1.82) is 0 Å². The van der Waals surface area contributed by atoms with E-state index in [4.69, 9.17) is 0 Å². The van der Waals surface area contributed by atoms with Crippen LogP contribution in [0.25, 0.3) is 0 Å². The first-order valence-corrected chi connectivity index (χ1v) is 7.77. The third-order valence-electron chi connectivity index (χ3n) is 4.25. The van der Waals surface area contributed by atoms with Gasteiger partial charge in [0.25, 0.3) is 0 Å². The molecule has 3 rings (SSSR count). The van der Waals surface area contributed by atoms with Crippen LogP contribution in [0, 0.1) is 13.8 Å². The lowest BCUT2D eigenvalue weighted by Crippen LogP contribution is -2.20. The second-order valence-electron chi connectivity index (χ2n) is 6.18. The summed E-state index contributed by atoms with van der Waals surface area (Å²) in [6.07, 6.45) is 2.43. The van der Waals surface area contributed by atoms with E-state index in [0.29, 0.717) is 0 Å². The van der Waals surface area contributed by atoms with Crippen LogP contribution in [0.2, 0.25) is 0 Å². The summed E-state index contributed by atoms with van der Waals surface area (Å²) in [5, 5.41) is 3.52. The number of aryl methyl sites for hydroxylation is 2. The lowest BCUT2D eigenvalue weighted by Gasteiger charge is -2.25. The largest absolute Gasteiger partial charge is 0.385 e. The molecule has 0 fully saturated rings. The molecule has 0 aliphatic carbocycles. The molecule has 0 atom stereocenters. The summed E-state index contributed by atoms with van der Waals surface area (Å²) in [5.74, 6) is 0. The molecule has 0 saturated heterocycles. The lowest BCUT2D eigenvalue weighted by molar-refractivity contribution is 0.804. The standard InChI is InChI=1S/C19H24N2/c1-14-10-15(2)12-17(11-14)21(3)13-16-6-4-8-19-18(16)7-5-9-20-19/h4,6,8,10-12,20H,5,7,9,13H2,1-3H3. The zero-order chi connectivity index (χ0) is 14.8. The first-order chi connectivity index (χ1) is 10.1. The third kappa shape index (κ3) is 3.05. The van der Waals surface area contributed by atoms with Crippen LogP contribution in [0.1, 0.15) is 28.7 Å². The summed E-state index contributed by atoms with van der Waals surface area (Å²) in [5.41, 5.74) is 8.23. The van der Waals surface area contributed by atoms with Gasteiger partial charge < -0.3 is 10.2 Å². The maximum atomic E-state index is 3.52. The van der Waals surface area contributed by atoms with Crippen molar-refractivity contribution >= 4 is 11.4 Å². The molecule has 2 aromatic carbocycles. The van der Waals surface area contributed by atoms with Crippen LogP contribution in [0.5, 0.6) is 0 Å². The molecule has 1 N–H and O–H groups in total. The van der Waals surface area contributed by atoms with Crippen LogP contribution in [0.15, 0.2) is 36.4 Å².